The summed E-state index contributed by atoms with van der Waals surface area (Å²) in [7, 11) is 0. The van der Waals surface area contributed by atoms with Gasteiger partial charge in [0.25, 0.3) is 11.6 Å². The van der Waals surface area contributed by atoms with Crippen LogP contribution in [0.5, 0.6) is 0 Å². The molecule has 0 saturated heterocycles. The monoisotopic (exact) mass is 290 g/mol. The molecule has 21 heavy (non-hydrogen) atoms. The number of nitrogens with two attached hydrogens (primary N) is 1. The lowest BCUT2D eigenvalue weighted by molar-refractivity contribution is -0.384. The zero-order chi connectivity index (χ0) is 16.0. The van der Waals surface area contributed by atoms with Crippen molar-refractivity contribution in [1.82, 2.24) is 5.32 Å². The van der Waals surface area contributed by atoms with Crippen LogP contribution in [0.1, 0.15) is 23.7 Å². The summed E-state index contributed by atoms with van der Waals surface area (Å²) in [5.41, 5.74) is 5.01. The minimum atomic E-state index is -1.02. The number of carbonyl (C=O) groups is 2. The van der Waals surface area contributed by atoms with Crippen molar-refractivity contribution >= 4 is 17.5 Å². The maximum atomic E-state index is 12.0. The number of nitro groups is 1. The molecule has 0 aliphatic heterocycles. The lowest BCUT2D eigenvalue weighted by Crippen LogP contribution is -2.48. The number of benzene rings is 1. The fraction of sp³-hybridized carbons (Fsp3) is 0.308. The zero-order valence-corrected chi connectivity index (χ0v) is 11.3. The normalized spacial score (nSPS) is 12.8. The molecule has 0 bridgehead atoms. The third kappa shape index (κ3) is 4.28. The second-order valence-corrected chi connectivity index (χ2v) is 4.50. The number of nitrogens with zero attached hydrogens (tertiary/aromatic N) is 2. The number of nitrogens with one attached hydrogen (secondary N) is 1. The van der Waals surface area contributed by atoms with Crippen LogP contribution in [0.3, 0.4) is 0 Å². The minimum Gasteiger partial charge on any atom is -0.368 e. The Balaban J connectivity index is 2.92. The molecule has 0 heterocycles. The number of carbonyl (C=O) groups excluding carboxylic acids is 2. The van der Waals surface area contributed by atoms with Crippen molar-refractivity contribution in [2.75, 3.05) is 0 Å². The van der Waals surface area contributed by atoms with E-state index in [0.29, 0.717) is 0 Å². The van der Waals surface area contributed by atoms with Crippen molar-refractivity contribution in [3.8, 4) is 6.07 Å². The van der Waals surface area contributed by atoms with Gasteiger partial charge in [0.1, 0.15) is 6.04 Å². The molecule has 3 N–H and O–H groups in total. The molecule has 2 atom stereocenters. The first-order valence-corrected chi connectivity index (χ1v) is 6.08. The molecule has 0 radical (unpaired) electrons. The van der Waals surface area contributed by atoms with Gasteiger partial charge in [-0.25, -0.2) is 0 Å². The predicted molar refractivity (Wildman–Crippen MR) is 72.9 cm³/mol. The van der Waals surface area contributed by atoms with Gasteiger partial charge in [0.05, 0.1) is 11.0 Å². The zero-order valence-electron chi connectivity index (χ0n) is 11.3. The first-order valence-electron chi connectivity index (χ1n) is 6.08. The smallest absolute Gasteiger partial charge is 0.270 e. The van der Waals surface area contributed by atoms with Gasteiger partial charge in [-0.2, -0.15) is 5.26 Å². The Kier molecular flexibility index (Phi) is 5.37. The Bertz CT molecular complexity index is 608. The van der Waals surface area contributed by atoms with Crippen LogP contribution < -0.4 is 11.1 Å². The summed E-state index contributed by atoms with van der Waals surface area (Å²) >= 11 is 0. The largest absolute Gasteiger partial charge is 0.368 e. The molecule has 0 saturated carbocycles. The number of nitro benzene ring substituents is 1. The number of nitriles is 1. The standard InChI is InChI=1S/C13H14N4O4/c1-8(5-6-14)11(12(15)18)16-13(19)9-3-2-4-10(7-9)17(20)21/h2-4,7-8,11H,5H2,1H3,(H2,15,18)(H,16,19)/t8-,11+/m1/s1. The SMILES string of the molecule is C[C@H](CC#N)[C@H](NC(=O)c1cccc([N+](=O)[O-])c1)C(N)=O. The van der Waals surface area contributed by atoms with E-state index in [1.807, 2.05) is 6.07 Å². The lowest BCUT2D eigenvalue weighted by atomic mass is 9.98. The first-order chi connectivity index (χ1) is 9.86. The van der Waals surface area contributed by atoms with Crippen LogP contribution in [-0.4, -0.2) is 22.8 Å². The van der Waals surface area contributed by atoms with Gasteiger partial charge in [0.2, 0.25) is 5.91 Å². The fourth-order valence-corrected chi connectivity index (χ4v) is 1.74. The number of hydrogen-bond acceptors (Lipinski definition) is 5. The number of hydrogen-bond donors (Lipinski definition) is 2. The summed E-state index contributed by atoms with van der Waals surface area (Å²) in [5.74, 6) is -1.89. The highest BCUT2D eigenvalue weighted by atomic mass is 16.6. The molecule has 0 aliphatic carbocycles. The van der Waals surface area contributed by atoms with E-state index in [1.54, 1.807) is 6.92 Å². The van der Waals surface area contributed by atoms with Gasteiger partial charge < -0.3 is 11.1 Å². The molecular weight excluding hydrogens is 276 g/mol. The van der Waals surface area contributed by atoms with E-state index in [2.05, 4.69) is 5.32 Å². The summed E-state index contributed by atoms with van der Waals surface area (Å²) in [4.78, 5) is 33.4. The molecular formula is C13H14N4O4. The Labute approximate surface area is 120 Å². The molecule has 0 fully saturated rings. The van der Waals surface area contributed by atoms with Crippen LogP contribution in [0.15, 0.2) is 24.3 Å². The minimum absolute atomic E-state index is 0.0413. The van der Waals surface area contributed by atoms with Gasteiger partial charge in [-0.1, -0.05) is 13.0 Å². The third-order valence-corrected chi connectivity index (χ3v) is 2.89. The van der Waals surface area contributed by atoms with E-state index in [0.717, 1.165) is 6.07 Å². The van der Waals surface area contributed by atoms with Crippen LogP contribution in [0, 0.1) is 27.4 Å². The quantitative estimate of drug-likeness (QED) is 0.587. The highest BCUT2D eigenvalue weighted by Gasteiger charge is 2.25. The van der Waals surface area contributed by atoms with Crippen LogP contribution in [-0.2, 0) is 4.79 Å². The average molecular weight is 290 g/mol. The summed E-state index contributed by atoms with van der Waals surface area (Å²) < 4.78 is 0. The van der Waals surface area contributed by atoms with E-state index in [1.165, 1.54) is 18.2 Å². The molecule has 2 amide bonds. The Morgan fingerprint density at radius 2 is 2.19 bits per heavy atom. The Hall–Kier alpha value is -2.95. The van der Waals surface area contributed by atoms with E-state index >= 15 is 0 Å². The van der Waals surface area contributed by atoms with E-state index in [9.17, 15) is 19.7 Å². The number of primary amides is 1. The van der Waals surface area contributed by atoms with Crippen molar-refractivity contribution in [3.63, 3.8) is 0 Å². The van der Waals surface area contributed by atoms with Crippen molar-refractivity contribution < 1.29 is 14.5 Å². The molecule has 0 unspecified atom stereocenters. The second kappa shape index (κ2) is 7.00. The van der Waals surface area contributed by atoms with Crippen molar-refractivity contribution in [1.29, 1.82) is 5.26 Å². The number of amides is 2. The molecule has 8 heteroatoms. The van der Waals surface area contributed by atoms with Crippen LogP contribution >= 0.6 is 0 Å². The van der Waals surface area contributed by atoms with E-state index in [4.69, 9.17) is 11.0 Å². The second-order valence-electron chi connectivity index (χ2n) is 4.50. The Morgan fingerprint density at radius 3 is 2.71 bits per heavy atom. The van der Waals surface area contributed by atoms with Gasteiger partial charge >= 0.3 is 0 Å². The average Bonchev–Trinajstić information content (AvgIpc) is 2.44. The highest BCUT2D eigenvalue weighted by Crippen LogP contribution is 2.14. The van der Waals surface area contributed by atoms with Crippen molar-refractivity contribution in [2.24, 2.45) is 11.7 Å². The summed E-state index contributed by atoms with van der Waals surface area (Å²) in [6.45, 7) is 1.60. The summed E-state index contributed by atoms with van der Waals surface area (Å²) in [5, 5.41) is 21.7. The molecule has 0 aromatic heterocycles. The maximum absolute atomic E-state index is 12.0. The predicted octanol–water partition coefficient (Wildman–Crippen LogP) is 0.728. The van der Waals surface area contributed by atoms with Crippen LogP contribution in [0.25, 0.3) is 0 Å². The summed E-state index contributed by atoms with van der Waals surface area (Å²) in [6.07, 6.45) is 0.0445. The van der Waals surface area contributed by atoms with Gasteiger partial charge in [-0.3, -0.25) is 19.7 Å². The maximum Gasteiger partial charge on any atom is 0.270 e. The van der Waals surface area contributed by atoms with Gasteiger partial charge in [-0.15, -0.1) is 0 Å². The first kappa shape index (κ1) is 16.1. The molecule has 0 spiro atoms. The molecule has 1 aromatic carbocycles. The third-order valence-electron chi connectivity index (χ3n) is 2.89. The fourth-order valence-electron chi connectivity index (χ4n) is 1.74. The molecule has 110 valence electrons. The molecule has 8 nitrogen and oxygen atoms in total. The highest BCUT2D eigenvalue weighted by molar-refractivity contribution is 5.97. The summed E-state index contributed by atoms with van der Waals surface area (Å²) in [6, 6.07) is 5.97. The van der Waals surface area contributed by atoms with Gasteiger partial charge in [-0.05, 0) is 12.0 Å². The lowest BCUT2D eigenvalue weighted by Gasteiger charge is -2.20. The number of non-ortho nitro benzene ring substituents is 1. The topological polar surface area (TPSA) is 139 Å². The Morgan fingerprint density at radius 1 is 1.52 bits per heavy atom. The van der Waals surface area contributed by atoms with Gasteiger partial charge in [0.15, 0.2) is 0 Å². The van der Waals surface area contributed by atoms with Crippen molar-refractivity contribution in [3.05, 3.63) is 39.9 Å². The number of rotatable bonds is 6. The molecule has 1 aromatic rings. The van der Waals surface area contributed by atoms with Crippen LogP contribution in [0.4, 0.5) is 5.69 Å². The molecule has 0 aliphatic rings. The van der Waals surface area contributed by atoms with E-state index < -0.39 is 28.7 Å². The van der Waals surface area contributed by atoms with Crippen LogP contribution in [0.2, 0.25) is 0 Å². The van der Waals surface area contributed by atoms with Crippen molar-refractivity contribution in [2.45, 2.75) is 19.4 Å². The molecule has 1 rings (SSSR count). The van der Waals surface area contributed by atoms with Gasteiger partial charge in [0, 0.05) is 24.1 Å². The van der Waals surface area contributed by atoms with E-state index in [-0.39, 0.29) is 17.7 Å².